The van der Waals surface area contributed by atoms with Gasteiger partial charge in [-0.05, 0) is 13.8 Å². The van der Waals surface area contributed by atoms with Crippen LogP contribution in [0.5, 0.6) is 0 Å². The number of rotatable bonds is 3. The standard InChI is InChI=1S/C14H13F2N3O2S/c1-6-13(22-8(3)17-6)14(21)19-12-5-10(16)9(15)4-11(12)18-7(2)20/h4-5H,1-3H3,(H,18,20)(H,19,21). The molecule has 22 heavy (non-hydrogen) atoms. The first kappa shape index (κ1) is 16.0. The van der Waals surface area contributed by atoms with Crippen molar-refractivity contribution in [1.82, 2.24) is 4.98 Å². The Kier molecular flexibility index (Phi) is 4.51. The zero-order valence-electron chi connectivity index (χ0n) is 12.1. The molecule has 0 aliphatic rings. The average Bonchev–Trinajstić information content (AvgIpc) is 2.74. The number of carbonyl (C=O) groups is 2. The van der Waals surface area contributed by atoms with E-state index in [1.165, 1.54) is 18.3 Å². The van der Waals surface area contributed by atoms with E-state index in [-0.39, 0.29) is 11.4 Å². The lowest BCUT2D eigenvalue weighted by molar-refractivity contribution is -0.114. The minimum atomic E-state index is -1.12. The van der Waals surface area contributed by atoms with Gasteiger partial charge in [-0.3, -0.25) is 9.59 Å². The van der Waals surface area contributed by atoms with Crippen molar-refractivity contribution in [3.8, 4) is 0 Å². The van der Waals surface area contributed by atoms with E-state index in [1.54, 1.807) is 13.8 Å². The van der Waals surface area contributed by atoms with Crippen LogP contribution >= 0.6 is 11.3 Å². The molecule has 1 heterocycles. The predicted molar refractivity (Wildman–Crippen MR) is 80.2 cm³/mol. The molecule has 116 valence electrons. The Bertz CT molecular complexity index is 759. The minimum Gasteiger partial charge on any atom is -0.324 e. The van der Waals surface area contributed by atoms with Crippen LogP contribution in [0.25, 0.3) is 0 Å². The first-order valence-corrected chi connectivity index (χ1v) is 7.11. The number of amides is 2. The topological polar surface area (TPSA) is 71.1 Å². The lowest BCUT2D eigenvalue weighted by Gasteiger charge is -2.11. The van der Waals surface area contributed by atoms with Gasteiger partial charge in [0.05, 0.1) is 22.1 Å². The van der Waals surface area contributed by atoms with E-state index in [1.807, 2.05) is 0 Å². The summed E-state index contributed by atoms with van der Waals surface area (Å²) < 4.78 is 26.7. The quantitative estimate of drug-likeness (QED) is 0.910. The SMILES string of the molecule is CC(=O)Nc1cc(F)c(F)cc1NC(=O)c1sc(C)nc1C. The van der Waals surface area contributed by atoms with E-state index in [0.29, 0.717) is 10.6 Å². The average molecular weight is 325 g/mol. The van der Waals surface area contributed by atoms with Gasteiger partial charge in [-0.25, -0.2) is 13.8 Å². The summed E-state index contributed by atoms with van der Waals surface area (Å²) in [4.78, 5) is 27.8. The Labute approximate surface area is 129 Å². The lowest BCUT2D eigenvalue weighted by atomic mass is 10.2. The monoisotopic (exact) mass is 325 g/mol. The first-order chi connectivity index (χ1) is 10.3. The molecule has 0 bridgehead atoms. The highest BCUT2D eigenvalue weighted by molar-refractivity contribution is 7.13. The number of thiazole rings is 1. The van der Waals surface area contributed by atoms with Gasteiger partial charge in [0.25, 0.3) is 5.91 Å². The second-order valence-electron chi connectivity index (χ2n) is 4.59. The molecule has 8 heteroatoms. The molecule has 5 nitrogen and oxygen atoms in total. The maximum absolute atomic E-state index is 13.4. The van der Waals surface area contributed by atoms with Crippen molar-refractivity contribution in [1.29, 1.82) is 0 Å². The van der Waals surface area contributed by atoms with Gasteiger partial charge in [-0.2, -0.15) is 0 Å². The third kappa shape index (κ3) is 3.45. The van der Waals surface area contributed by atoms with Crippen molar-refractivity contribution in [2.45, 2.75) is 20.8 Å². The molecule has 0 fully saturated rings. The number of aryl methyl sites for hydroxylation is 2. The maximum atomic E-state index is 13.4. The number of anilines is 2. The van der Waals surface area contributed by atoms with E-state index < -0.39 is 23.4 Å². The Morgan fingerprint density at radius 3 is 2.09 bits per heavy atom. The van der Waals surface area contributed by atoms with Crippen LogP contribution in [0.1, 0.15) is 27.3 Å². The van der Waals surface area contributed by atoms with E-state index in [0.717, 1.165) is 17.1 Å². The summed E-state index contributed by atoms with van der Waals surface area (Å²) in [6.45, 7) is 4.66. The summed E-state index contributed by atoms with van der Waals surface area (Å²) in [6, 6.07) is 1.64. The number of hydrogen-bond donors (Lipinski definition) is 2. The summed E-state index contributed by atoms with van der Waals surface area (Å²) in [5.74, 6) is -3.21. The second-order valence-corrected chi connectivity index (χ2v) is 5.80. The highest BCUT2D eigenvalue weighted by Gasteiger charge is 2.17. The van der Waals surface area contributed by atoms with E-state index in [2.05, 4.69) is 15.6 Å². The fourth-order valence-electron chi connectivity index (χ4n) is 1.86. The number of aromatic nitrogens is 1. The van der Waals surface area contributed by atoms with Gasteiger partial charge in [-0.1, -0.05) is 0 Å². The van der Waals surface area contributed by atoms with Crippen molar-refractivity contribution >= 4 is 34.5 Å². The van der Waals surface area contributed by atoms with E-state index in [9.17, 15) is 18.4 Å². The van der Waals surface area contributed by atoms with Gasteiger partial charge in [-0.15, -0.1) is 11.3 Å². The van der Waals surface area contributed by atoms with E-state index in [4.69, 9.17) is 0 Å². The van der Waals surface area contributed by atoms with Gasteiger partial charge in [0.1, 0.15) is 4.88 Å². The minimum absolute atomic E-state index is 0.0151. The van der Waals surface area contributed by atoms with Gasteiger partial charge < -0.3 is 10.6 Å². The highest BCUT2D eigenvalue weighted by atomic mass is 32.1. The van der Waals surface area contributed by atoms with E-state index >= 15 is 0 Å². The molecule has 0 saturated heterocycles. The molecule has 0 spiro atoms. The molecule has 0 aliphatic carbocycles. The van der Waals surface area contributed by atoms with Gasteiger partial charge in [0.2, 0.25) is 5.91 Å². The molecular weight excluding hydrogens is 312 g/mol. The number of nitrogens with one attached hydrogen (secondary N) is 2. The summed E-state index contributed by atoms with van der Waals surface area (Å²) in [5.41, 5.74) is 0.506. The van der Waals surface area contributed by atoms with Crippen LogP contribution in [0.2, 0.25) is 0 Å². The normalized spacial score (nSPS) is 10.4. The molecule has 0 radical (unpaired) electrons. The van der Waals surface area contributed by atoms with Gasteiger partial charge in [0, 0.05) is 19.1 Å². The summed E-state index contributed by atoms with van der Waals surface area (Å²) in [7, 11) is 0. The van der Waals surface area contributed by atoms with Crippen LogP contribution in [0.4, 0.5) is 20.2 Å². The van der Waals surface area contributed by atoms with Crippen LogP contribution in [-0.4, -0.2) is 16.8 Å². The van der Waals surface area contributed by atoms with Crippen molar-refractivity contribution in [2.24, 2.45) is 0 Å². The van der Waals surface area contributed by atoms with Crippen molar-refractivity contribution in [2.75, 3.05) is 10.6 Å². The Morgan fingerprint density at radius 1 is 1.09 bits per heavy atom. The number of hydrogen-bond acceptors (Lipinski definition) is 4. The molecule has 1 aromatic carbocycles. The summed E-state index contributed by atoms with van der Waals surface area (Å²) in [6.07, 6.45) is 0. The van der Waals surface area contributed by atoms with Crippen molar-refractivity contribution in [3.05, 3.63) is 39.3 Å². The molecular formula is C14H13F2N3O2S. The largest absolute Gasteiger partial charge is 0.324 e. The third-order valence-electron chi connectivity index (χ3n) is 2.73. The number of halogens is 2. The highest BCUT2D eigenvalue weighted by Crippen LogP contribution is 2.27. The fraction of sp³-hybridized carbons (Fsp3) is 0.214. The molecule has 1 aromatic heterocycles. The maximum Gasteiger partial charge on any atom is 0.267 e. The third-order valence-corrected chi connectivity index (χ3v) is 3.80. The second kappa shape index (κ2) is 6.18. The molecule has 0 atom stereocenters. The van der Waals surface area contributed by atoms with Crippen LogP contribution in [0.3, 0.4) is 0 Å². The molecule has 2 rings (SSSR count). The number of nitrogens with zero attached hydrogens (tertiary/aromatic N) is 1. The van der Waals surface area contributed by atoms with Crippen LogP contribution in [0, 0.1) is 25.5 Å². The van der Waals surface area contributed by atoms with Gasteiger partial charge in [0.15, 0.2) is 11.6 Å². The Hall–Kier alpha value is -2.35. The van der Waals surface area contributed by atoms with Crippen molar-refractivity contribution in [3.63, 3.8) is 0 Å². The molecule has 2 amide bonds. The van der Waals surface area contributed by atoms with Crippen LogP contribution < -0.4 is 10.6 Å². The van der Waals surface area contributed by atoms with Crippen molar-refractivity contribution < 1.29 is 18.4 Å². The summed E-state index contributed by atoms with van der Waals surface area (Å²) >= 11 is 1.19. The predicted octanol–water partition coefficient (Wildman–Crippen LogP) is 3.25. The Morgan fingerprint density at radius 2 is 1.64 bits per heavy atom. The van der Waals surface area contributed by atoms with Crippen LogP contribution in [0.15, 0.2) is 12.1 Å². The smallest absolute Gasteiger partial charge is 0.267 e. The van der Waals surface area contributed by atoms with Crippen LogP contribution in [-0.2, 0) is 4.79 Å². The molecule has 0 aliphatic heterocycles. The molecule has 0 saturated carbocycles. The molecule has 0 unspecified atom stereocenters. The lowest BCUT2D eigenvalue weighted by Crippen LogP contribution is -2.15. The van der Waals surface area contributed by atoms with Gasteiger partial charge >= 0.3 is 0 Å². The zero-order chi connectivity index (χ0) is 16.4. The molecule has 2 N–H and O–H groups in total. The number of carbonyl (C=O) groups excluding carboxylic acids is 2. The Balaban J connectivity index is 2.35. The zero-order valence-corrected chi connectivity index (χ0v) is 12.9. The first-order valence-electron chi connectivity index (χ1n) is 6.30. The number of benzene rings is 1. The fourth-order valence-corrected chi connectivity index (χ4v) is 2.68. The molecule has 2 aromatic rings. The summed E-state index contributed by atoms with van der Waals surface area (Å²) in [5, 5.41) is 5.53.